The maximum atomic E-state index is 10.3. The molecular weight excluding hydrogens is 260 g/mol. The zero-order valence-corrected chi connectivity index (χ0v) is 12.5. The Labute approximate surface area is 125 Å². The number of aliphatic hydroxyl groups excluding tert-OH is 1. The van der Waals surface area contributed by atoms with Crippen molar-refractivity contribution < 1.29 is 10.2 Å². The minimum absolute atomic E-state index is 0.184. The number of aromatic hydroxyl groups is 1. The maximum absolute atomic E-state index is 10.3. The molecule has 110 valence electrons. The quantitative estimate of drug-likeness (QED) is 0.710. The van der Waals surface area contributed by atoms with Crippen LogP contribution in [0.25, 0.3) is 5.57 Å². The topological polar surface area (TPSA) is 40.5 Å². The van der Waals surface area contributed by atoms with Crippen molar-refractivity contribution in [2.45, 2.75) is 45.1 Å². The fraction of sp³-hybridized carbons (Fsp3) is 0.474. The number of fused-ring (bicyclic) bond motifs is 4. The summed E-state index contributed by atoms with van der Waals surface area (Å²) in [5, 5.41) is 19.9. The Morgan fingerprint density at radius 1 is 1.24 bits per heavy atom. The van der Waals surface area contributed by atoms with Crippen LogP contribution in [0.5, 0.6) is 5.75 Å². The minimum Gasteiger partial charge on any atom is -0.508 e. The number of phenolic OH excluding ortho intramolecular Hbond substituents is 1. The Balaban J connectivity index is 1.86. The van der Waals surface area contributed by atoms with Crippen LogP contribution in [-0.2, 0) is 6.42 Å². The van der Waals surface area contributed by atoms with Crippen molar-refractivity contribution in [3.05, 3.63) is 47.1 Å². The molecule has 0 heterocycles. The third-order valence-electron chi connectivity index (χ3n) is 5.92. The van der Waals surface area contributed by atoms with E-state index in [-0.39, 0.29) is 11.5 Å². The highest BCUT2D eigenvalue weighted by Gasteiger charge is 2.50. The fourth-order valence-corrected chi connectivity index (χ4v) is 4.92. The van der Waals surface area contributed by atoms with Crippen LogP contribution >= 0.6 is 0 Å². The summed E-state index contributed by atoms with van der Waals surface area (Å²) >= 11 is 0. The smallest absolute Gasteiger partial charge is 0.115 e. The first-order valence-electron chi connectivity index (χ1n) is 7.90. The van der Waals surface area contributed by atoms with Gasteiger partial charge in [0, 0.05) is 5.92 Å². The third-order valence-corrected chi connectivity index (χ3v) is 5.92. The maximum Gasteiger partial charge on any atom is 0.115 e. The zero-order valence-electron chi connectivity index (χ0n) is 12.5. The molecule has 0 aromatic heterocycles. The molecule has 21 heavy (non-hydrogen) atoms. The summed E-state index contributed by atoms with van der Waals surface area (Å²) in [6.45, 7) is 6.52. The van der Waals surface area contributed by atoms with E-state index in [1.54, 1.807) is 6.07 Å². The third kappa shape index (κ3) is 1.75. The van der Waals surface area contributed by atoms with Crippen LogP contribution in [0.2, 0.25) is 0 Å². The second kappa shape index (κ2) is 4.23. The van der Waals surface area contributed by atoms with Gasteiger partial charge in [0.05, 0.1) is 6.10 Å². The standard InChI is InChI=1S/C19H22O2/c1-11-17(21)10-19(2)8-7-15-14-6-4-13(20)9-12(14)3-5-16(15)18(11)19/h4,6,9,17-18,20-21H,1,3,5,7-8,10H2,2H3/t17-,18+,19-/m1/s1. The first-order chi connectivity index (χ1) is 9.99. The van der Waals surface area contributed by atoms with Crippen molar-refractivity contribution in [3.8, 4) is 5.75 Å². The molecule has 3 aliphatic carbocycles. The second-order valence-corrected chi connectivity index (χ2v) is 7.23. The lowest BCUT2D eigenvalue weighted by Gasteiger charge is -2.42. The normalized spacial score (nSPS) is 34.5. The van der Waals surface area contributed by atoms with Crippen LogP contribution in [0, 0.1) is 11.3 Å². The lowest BCUT2D eigenvalue weighted by atomic mass is 9.62. The zero-order chi connectivity index (χ0) is 14.8. The van der Waals surface area contributed by atoms with Gasteiger partial charge in [-0.15, -0.1) is 0 Å². The number of aliphatic hydroxyl groups is 1. The average Bonchev–Trinajstić information content (AvgIpc) is 2.68. The lowest BCUT2D eigenvalue weighted by molar-refractivity contribution is 0.167. The second-order valence-electron chi connectivity index (χ2n) is 7.23. The lowest BCUT2D eigenvalue weighted by Crippen LogP contribution is -2.30. The Morgan fingerprint density at radius 2 is 2.05 bits per heavy atom. The minimum atomic E-state index is -0.340. The van der Waals surface area contributed by atoms with E-state index in [0.717, 1.165) is 37.7 Å². The number of phenols is 1. The highest BCUT2D eigenvalue weighted by atomic mass is 16.3. The molecule has 2 nitrogen and oxygen atoms in total. The van der Waals surface area contributed by atoms with E-state index in [0.29, 0.717) is 11.7 Å². The van der Waals surface area contributed by atoms with Gasteiger partial charge in [-0.05, 0) is 71.9 Å². The number of hydrogen-bond acceptors (Lipinski definition) is 2. The molecule has 1 aromatic carbocycles. The molecule has 1 fully saturated rings. The van der Waals surface area contributed by atoms with Crippen LogP contribution in [0.4, 0.5) is 0 Å². The van der Waals surface area contributed by atoms with E-state index in [2.05, 4.69) is 19.6 Å². The van der Waals surface area contributed by atoms with Crippen molar-refractivity contribution in [2.75, 3.05) is 0 Å². The van der Waals surface area contributed by atoms with Crippen molar-refractivity contribution in [2.24, 2.45) is 11.3 Å². The van der Waals surface area contributed by atoms with Gasteiger partial charge in [0.1, 0.15) is 5.75 Å². The van der Waals surface area contributed by atoms with Crippen molar-refractivity contribution in [1.82, 2.24) is 0 Å². The largest absolute Gasteiger partial charge is 0.508 e. The Hall–Kier alpha value is -1.54. The van der Waals surface area contributed by atoms with Gasteiger partial charge >= 0.3 is 0 Å². The van der Waals surface area contributed by atoms with E-state index >= 15 is 0 Å². The predicted octanol–water partition coefficient (Wildman–Crippen LogP) is 3.83. The molecule has 2 N–H and O–H groups in total. The van der Waals surface area contributed by atoms with E-state index < -0.39 is 0 Å². The van der Waals surface area contributed by atoms with Crippen LogP contribution in [0.3, 0.4) is 0 Å². The van der Waals surface area contributed by atoms with Crippen LogP contribution < -0.4 is 0 Å². The van der Waals surface area contributed by atoms with E-state index in [4.69, 9.17) is 0 Å². The van der Waals surface area contributed by atoms with Crippen molar-refractivity contribution in [3.63, 3.8) is 0 Å². The monoisotopic (exact) mass is 282 g/mol. The molecule has 0 aliphatic heterocycles. The first kappa shape index (κ1) is 13.1. The summed E-state index contributed by atoms with van der Waals surface area (Å²) in [5.41, 5.74) is 6.74. The molecule has 0 bridgehead atoms. The van der Waals surface area contributed by atoms with Crippen molar-refractivity contribution in [1.29, 1.82) is 0 Å². The molecule has 0 spiro atoms. The highest BCUT2D eigenvalue weighted by Crippen LogP contribution is 2.59. The fourth-order valence-electron chi connectivity index (χ4n) is 4.92. The summed E-state index contributed by atoms with van der Waals surface area (Å²) in [6.07, 6.45) is 4.74. The van der Waals surface area contributed by atoms with Gasteiger partial charge in [-0.25, -0.2) is 0 Å². The number of hydrogen-bond donors (Lipinski definition) is 2. The summed E-state index contributed by atoms with van der Waals surface area (Å²) in [4.78, 5) is 0. The molecule has 3 atom stereocenters. The van der Waals surface area contributed by atoms with Gasteiger partial charge in [0.2, 0.25) is 0 Å². The number of rotatable bonds is 0. The average molecular weight is 282 g/mol. The molecule has 0 unspecified atom stereocenters. The Morgan fingerprint density at radius 3 is 2.86 bits per heavy atom. The Bertz CT molecular complexity index is 670. The molecular formula is C19H22O2. The molecule has 2 heteroatoms. The molecule has 4 rings (SSSR count). The summed E-state index contributed by atoms with van der Waals surface area (Å²) in [6, 6.07) is 5.77. The first-order valence-corrected chi connectivity index (χ1v) is 7.90. The molecule has 3 aliphatic rings. The SMILES string of the molecule is C=C1[C@H]2C3=C(CC[C@]2(C)C[C@H]1O)c1ccc(O)cc1CC3. The summed E-state index contributed by atoms with van der Waals surface area (Å²) in [7, 11) is 0. The number of benzene rings is 1. The number of allylic oxidation sites excluding steroid dienone is 2. The molecule has 0 saturated heterocycles. The van der Waals surface area contributed by atoms with Gasteiger partial charge in [-0.3, -0.25) is 0 Å². The molecule has 1 aromatic rings. The van der Waals surface area contributed by atoms with Gasteiger partial charge in [0.25, 0.3) is 0 Å². The van der Waals surface area contributed by atoms with E-state index in [9.17, 15) is 10.2 Å². The Kier molecular flexibility index (Phi) is 2.65. The molecule has 0 amide bonds. The van der Waals surface area contributed by atoms with E-state index in [1.807, 2.05) is 6.07 Å². The summed E-state index contributed by atoms with van der Waals surface area (Å²) < 4.78 is 0. The molecule has 1 saturated carbocycles. The van der Waals surface area contributed by atoms with Crippen molar-refractivity contribution >= 4 is 5.57 Å². The van der Waals surface area contributed by atoms with Gasteiger partial charge in [0.15, 0.2) is 0 Å². The van der Waals surface area contributed by atoms with Crippen LogP contribution in [-0.4, -0.2) is 16.3 Å². The van der Waals surface area contributed by atoms with Gasteiger partial charge in [-0.1, -0.05) is 25.1 Å². The van der Waals surface area contributed by atoms with Gasteiger partial charge in [-0.2, -0.15) is 0 Å². The number of aryl methyl sites for hydroxylation is 1. The highest BCUT2D eigenvalue weighted by molar-refractivity contribution is 5.76. The summed E-state index contributed by atoms with van der Waals surface area (Å²) in [5.74, 6) is 0.706. The van der Waals surface area contributed by atoms with Gasteiger partial charge < -0.3 is 10.2 Å². The van der Waals surface area contributed by atoms with Crippen LogP contribution in [0.1, 0.15) is 43.7 Å². The predicted molar refractivity (Wildman–Crippen MR) is 83.9 cm³/mol. The van der Waals surface area contributed by atoms with E-state index in [1.165, 1.54) is 22.3 Å². The molecule has 0 radical (unpaired) electrons. The van der Waals surface area contributed by atoms with Crippen LogP contribution in [0.15, 0.2) is 35.9 Å².